The van der Waals surface area contributed by atoms with Gasteiger partial charge in [-0.2, -0.15) is 0 Å². The number of nitrogens with zero attached hydrogens (tertiary/aromatic N) is 3. The number of aryl methyl sites for hydroxylation is 1. The molecule has 0 saturated heterocycles. The third-order valence-electron chi connectivity index (χ3n) is 4.00. The number of benzene rings is 1. The Hall–Kier alpha value is -2.34. The summed E-state index contributed by atoms with van der Waals surface area (Å²) in [7, 11) is 1.65. The third kappa shape index (κ3) is 6.97. The Bertz CT molecular complexity index is 601. The predicted octanol–water partition coefficient (Wildman–Crippen LogP) is 2.56. The predicted molar refractivity (Wildman–Crippen MR) is 98.4 cm³/mol. The number of ether oxygens (including phenoxy) is 1. The lowest BCUT2D eigenvalue weighted by Crippen LogP contribution is -2.46. The lowest BCUT2D eigenvalue weighted by molar-refractivity contribution is 0.146. The number of nitrogens with one attached hydrogen (secondary N) is 1. The van der Waals surface area contributed by atoms with Gasteiger partial charge in [0.2, 0.25) is 0 Å². The van der Waals surface area contributed by atoms with Crippen LogP contribution in [0.4, 0.5) is 4.79 Å². The molecule has 2 amide bonds. The number of aromatic nitrogens is 2. The molecule has 0 spiro atoms. The Kier molecular flexibility index (Phi) is 7.98. The summed E-state index contributed by atoms with van der Waals surface area (Å²) in [6, 6.07) is 10.3. The van der Waals surface area contributed by atoms with E-state index in [1.807, 2.05) is 40.8 Å². The van der Waals surface area contributed by atoms with Crippen molar-refractivity contribution in [2.24, 2.45) is 0 Å². The summed E-state index contributed by atoms with van der Waals surface area (Å²) in [4.78, 5) is 18.4. The number of hydrogen-bond acceptors (Lipinski definition) is 3. The highest BCUT2D eigenvalue weighted by atomic mass is 16.5. The van der Waals surface area contributed by atoms with Crippen LogP contribution in [0.3, 0.4) is 0 Å². The number of methoxy groups -OCH3 is 1. The van der Waals surface area contributed by atoms with E-state index < -0.39 is 0 Å². The second kappa shape index (κ2) is 10.5. The zero-order valence-electron chi connectivity index (χ0n) is 15.1. The van der Waals surface area contributed by atoms with Gasteiger partial charge in [-0.15, -0.1) is 0 Å². The number of carbonyl (C=O) groups is 1. The maximum Gasteiger partial charge on any atom is 0.317 e. The van der Waals surface area contributed by atoms with Crippen LogP contribution < -0.4 is 5.32 Å². The second-order valence-electron chi connectivity index (χ2n) is 6.18. The Morgan fingerprint density at radius 2 is 2.12 bits per heavy atom. The van der Waals surface area contributed by atoms with Gasteiger partial charge >= 0.3 is 6.03 Å². The quantitative estimate of drug-likeness (QED) is 0.721. The Morgan fingerprint density at radius 3 is 2.80 bits per heavy atom. The molecular formula is C19H28N4O2. The van der Waals surface area contributed by atoms with E-state index in [2.05, 4.69) is 22.4 Å². The van der Waals surface area contributed by atoms with Crippen molar-refractivity contribution in [3.8, 4) is 0 Å². The topological polar surface area (TPSA) is 59.4 Å². The van der Waals surface area contributed by atoms with Crippen LogP contribution in [0.25, 0.3) is 0 Å². The summed E-state index contributed by atoms with van der Waals surface area (Å²) in [5.41, 5.74) is 1.29. The molecule has 1 aromatic carbocycles. The fourth-order valence-electron chi connectivity index (χ4n) is 2.69. The first kappa shape index (κ1) is 19.0. The largest absolute Gasteiger partial charge is 0.383 e. The minimum absolute atomic E-state index is 0.0286. The number of urea groups is 1. The summed E-state index contributed by atoms with van der Waals surface area (Å²) in [6.45, 7) is 4.54. The van der Waals surface area contributed by atoms with Gasteiger partial charge in [0.15, 0.2) is 0 Å². The fourth-order valence-corrected chi connectivity index (χ4v) is 2.69. The standard InChI is InChI=1S/C19H28N4O2/c1-17(15-22-12-10-20-16-22)21-19(24)23(13-14-25-2)11-6-9-18-7-4-3-5-8-18/h3-5,7-8,10,12,16-17H,6,9,11,13-15H2,1-2H3,(H,21,24)/t17-/m0/s1. The van der Waals surface area contributed by atoms with E-state index in [-0.39, 0.29) is 12.1 Å². The van der Waals surface area contributed by atoms with Crippen molar-refractivity contribution in [3.05, 3.63) is 54.6 Å². The molecule has 1 atom stereocenters. The fraction of sp³-hybridized carbons (Fsp3) is 0.474. The van der Waals surface area contributed by atoms with Gasteiger partial charge in [-0.1, -0.05) is 30.3 Å². The summed E-state index contributed by atoms with van der Waals surface area (Å²) in [6.07, 6.45) is 7.28. The van der Waals surface area contributed by atoms with Crippen molar-refractivity contribution in [2.45, 2.75) is 32.4 Å². The van der Waals surface area contributed by atoms with Gasteiger partial charge in [0.25, 0.3) is 0 Å². The molecular weight excluding hydrogens is 316 g/mol. The molecule has 2 aromatic rings. The molecule has 0 unspecified atom stereocenters. The van der Waals surface area contributed by atoms with Crippen molar-refractivity contribution in [2.75, 3.05) is 26.8 Å². The van der Waals surface area contributed by atoms with Crippen LogP contribution in [0.5, 0.6) is 0 Å². The number of rotatable bonds is 10. The summed E-state index contributed by atoms with van der Waals surface area (Å²) in [5, 5.41) is 3.06. The van der Waals surface area contributed by atoms with Gasteiger partial charge in [-0.3, -0.25) is 0 Å². The molecule has 0 fully saturated rings. The zero-order valence-corrected chi connectivity index (χ0v) is 15.1. The maximum atomic E-state index is 12.6. The molecule has 136 valence electrons. The van der Waals surface area contributed by atoms with E-state index in [1.165, 1.54) is 5.56 Å². The molecule has 2 rings (SSSR count). The molecule has 6 nitrogen and oxygen atoms in total. The van der Waals surface area contributed by atoms with Crippen LogP contribution in [-0.2, 0) is 17.7 Å². The van der Waals surface area contributed by atoms with E-state index in [9.17, 15) is 4.79 Å². The molecule has 0 saturated carbocycles. The van der Waals surface area contributed by atoms with Gasteiger partial charge in [-0.05, 0) is 25.3 Å². The molecule has 6 heteroatoms. The molecule has 0 aliphatic rings. The smallest absolute Gasteiger partial charge is 0.317 e. The Labute approximate surface area is 149 Å². The summed E-state index contributed by atoms with van der Waals surface area (Å²) >= 11 is 0. The van der Waals surface area contributed by atoms with Gasteiger partial charge < -0.3 is 19.5 Å². The van der Waals surface area contributed by atoms with Crippen molar-refractivity contribution in [1.29, 1.82) is 0 Å². The van der Waals surface area contributed by atoms with Crippen molar-refractivity contribution < 1.29 is 9.53 Å². The minimum Gasteiger partial charge on any atom is -0.383 e. The van der Waals surface area contributed by atoms with Gasteiger partial charge in [0.05, 0.1) is 12.9 Å². The van der Waals surface area contributed by atoms with E-state index >= 15 is 0 Å². The third-order valence-corrected chi connectivity index (χ3v) is 4.00. The summed E-state index contributed by atoms with van der Waals surface area (Å²) in [5.74, 6) is 0. The lowest BCUT2D eigenvalue weighted by atomic mass is 10.1. The van der Waals surface area contributed by atoms with E-state index in [0.29, 0.717) is 26.2 Å². The maximum absolute atomic E-state index is 12.6. The van der Waals surface area contributed by atoms with Gasteiger partial charge in [-0.25, -0.2) is 9.78 Å². The number of imidazole rings is 1. The van der Waals surface area contributed by atoms with Crippen molar-refractivity contribution in [3.63, 3.8) is 0 Å². The molecule has 1 aromatic heterocycles. The van der Waals surface area contributed by atoms with Crippen LogP contribution in [-0.4, -0.2) is 53.3 Å². The second-order valence-corrected chi connectivity index (χ2v) is 6.18. The molecule has 1 heterocycles. The highest BCUT2D eigenvalue weighted by molar-refractivity contribution is 5.74. The number of hydrogen-bond donors (Lipinski definition) is 1. The molecule has 1 N–H and O–H groups in total. The average Bonchev–Trinajstić information content (AvgIpc) is 3.11. The molecule has 0 aliphatic heterocycles. The van der Waals surface area contributed by atoms with Crippen LogP contribution in [0.15, 0.2) is 49.1 Å². The molecule has 0 aliphatic carbocycles. The average molecular weight is 344 g/mol. The molecule has 0 bridgehead atoms. The van der Waals surface area contributed by atoms with Crippen LogP contribution >= 0.6 is 0 Å². The first-order chi connectivity index (χ1) is 12.2. The van der Waals surface area contributed by atoms with Gasteiger partial charge in [0.1, 0.15) is 0 Å². The van der Waals surface area contributed by atoms with Crippen LogP contribution in [0.1, 0.15) is 18.9 Å². The lowest BCUT2D eigenvalue weighted by Gasteiger charge is -2.25. The highest BCUT2D eigenvalue weighted by Gasteiger charge is 2.15. The van der Waals surface area contributed by atoms with Crippen molar-refractivity contribution in [1.82, 2.24) is 19.8 Å². The monoisotopic (exact) mass is 344 g/mol. The zero-order chi connectivity index (χ0) is 17.9. The Balaban J connectivity index is 1.81. The molecule has 25 heavy (non-hydrogen) atoms. The minimum atomic E-state index is -0.0438. The van der Waals surface area contributed by atoms with Gasteiger partial charge in [0, 0.05) is 45.2 Å². The number of carbonyl (C=O) groups excluding carboxylic acids is 1. The first-order valence-electron chi connectivity index (χ1n) is 8.73. The number of amides is 2. The van der Waals surface area contributed by atoms with E-state index in [1.54, 1.807) is 19.6 Å². The van der Waals surface area contributed by atoms with E-state index in [0.717, 1.165) is 12.8 Å². The van der Waals surface area contributed by atoms with E-state index in [4.69, 9.17) is 4.74 Å². The van der Waals surface area contributed by atoms with Crippen molar-refractivity contribution >= 4 is 6.03 Å². The highest BCUT2D eigenvalue weighted by Crippen LogP contribution is 2.04. The van der Waals surface area contributed by atoms with Crippen LogP contribution in [0.2, 0.25) is 0 Å². The normalized spacial score (nSPS) is 11.9. The Morgan fingerprint density at radius 1 is 1.32 bits per heavy atom. The SMILES string of the molecule is COCCN(CCCc1ccccc1)C(=O)N[C@@H](C)Cn1ccnc1. The first-order valence-corrected chi connectivity index (χ1v) is 8.73. The summed E-state index contributed by atoms with van der Waals surface area (Å²) < 4.78 is 7.10. The van der Waals surface area contributed by atoms with Crippen LogP contribution in [0, 0.1) is 0 Å². The molecule has 0 radical (unpaired) electrons.